The molecule has 1 heterocycles. The molecule has 0 aromatic heterocycles. The number of alkyl halides is 3. The third-order valence-electron chi connectivity index (χ3n) is 3.59. The molecule has 2 rings (SSSR count). The van der Waals surface area contributed by atoms with E-state index in [1.54, 1.807) is 0 Å². The highest BCUT2D eigenvalue weighted by molar-refractivity contribution is 5.92. The van der Waals surface area contributed by atoms with Crippen LogP contribution in [0.15, 0.2) is 36.9 Å². The van der Waals surface area contributed by atoms with Gasteiger partial charge in [0.25, 0.3) is 0 Å². The smallest absolute Gasteiger partial charge is 0.406 e. The fourth-order valence-corrected chi connectivity index (χ4v) is 2.46. The molecule has 1 aromatic carbocycles. The molecule has 132 valence electrons. The highest BCUT2D eigenvalue weighted by atomic mass is 19.4. The average Bonchev–Trinajstić information content (AvgIpc) is 2.50. The van der Waals surface area contributed by atoms with Crippen molar-refractivity contribution in [1.29, 1.82) is 0 Å². The van der Waals surface area contributed by atoms with Crippen LogP contribution in [0.1, 0.15) is 0 Å². The van der Waals surface area contributed by atoms with E-state index in [1.165, 1.54) is 12.1 Å². The van der Waals surface area contributed by atoms with Crippen molar-refractivity contribution in [2.75, 3.05) is 44.6 Å². The first-order valence-corrected chi connectivity index (χ1v) is 7.57. The molecular weight excluding hydrogens is 323 g/mol. The van der Waals surface area contributed by atoms with Gasteiger partial charge in [-0.2, -0.15) is 0 Å². The zero-order valence-electron chi connectivity index (χ0n) is 13.2. The Balaban J connectivity index is 1.77. The van der Waals surface area contributed by atoms with Crippen LogP contribution in [0.4, 0.5) is 18.9 Å². The molecule has 1 amide bonds. The van der Waals surface area contributed by atoms with E-state index in [1.807, 2.05) is 11.0 Å². The molecule has 24 heavy (non-hydrogen) atoms. The lowest BCUT2D eigenvalue weighted by molar-refractivity contribution is -0.274. The normalized spacial score (nSPS) is 16.6. The molecule has 0 unspecified atom stereocenters. The van der Waals surface area contributed by atoms with E-state index in [4.69, 9.17) is 0 Å². The highest BCUT2D eigenvalue weighted by Gasteiger charge is 2.31. The Kier molecular flexibility index (Phi) is 6.22. The number of hydrogen-bond donors (Lipinski definition) is 1. The lowest BCUT2D eigenvalue weighted by Gasteiger charge is -2.33. The Morgan fingerprint density at radius 2 is 1.75 bits per heavy atom. The Hall–Kier alpha value is -2.06. The topological polar surface area (TPSA) is 44.8 Å². The number of nitrogens with one attached hydrogen (secondary N) is 1. The SMILES string of the molecule is C=CCN1CCN(CC(=O)Nc2ccc(OC(F)(F)F)cc2)CC1. The zero-order chi connectivity index (χ0) is 17.6. The summed E-state index contributed by atoms with van der Waals surface area (Å²) in [6, 6.07) is 5.08. The van der Waals surface area contributed by atoms with Gasteiger partial charge in [-0.15, -0.1) is 19.8 Å². The number of benzene rings is 1. The predicted molar refractivity (Wildman–Crippen MR) is 84.8 cm³/mol. The minimum absolute atomic E-state index is 0.198. The van der Waals surface area contributed by atoms with Crippen LogP contribution in [0.2, 0.25) is 0 Å². The molecule has 8 heteroatoms. The van der Waals surface area contributed by atoms with Gasteiger partial charge in [-0.25, -0.2) is 0 Å². The quantitative estimate of drug-likeness (QED) is 0.806. The van der Waals surface area contributed by atoms with Crippen molar-refractivity contribution < 1.29 is 22.7 Å². The van der Waals surface area contributed by atoms with Crippen LogP contribution < -0.4 is 10.1 Å². The van der Waals surface area contributed by atoms with Crippen molar-refractivity contribution in [3.8, 4) is 5.75 Å². The summed E-state index contributed by atoms with van der Waals surface area (Å²) in [6.45, 7) is 8.13. The number of halogens is 3. The van der Waals surface area contributed by atoms with Gasteiger partial charge in [-0.05, 0) is 24.3 Å². The van der Waals surface area contributed by atoms with Gasteiger partial charge < -0.3 is 10.1 Å². The number of carbonyl (C=O) groups is 1. The molecule has 0 bridgehead atoms. The largest absolute Gasteiger partial charge is 0.573 e. The monoisotopic (exact) mass is 343 g/mol. The van der Waals surface area contributed by atoms with Gasteiger partial charge in [-0.3, -0.25) is 14.6 Å². The van der Waals surface area contributed by atoms with Crippen LogP contribution in [0.5, 0.6) is 5.75 Å². The Bertz CT molecular complexity index is 553. The van der Waals surface area contributed by atoms with Crippen molar-refractivity contribution in [3.05, 3.63) is 36.9 Å². The maximum absolute atomic E-state index is 12.1. The molecule has 5 nitrogen and oxygen atoms in total. The lowest BCUT2D eigenvalue weighted by Crippen LogP contribution is -2.48. The van der Waals surface area contributed by atoms with Gasteiger partial charge in [-0.1, -0.05) is 6.08 Å². The van der Waals surface area contributed by atoms with Crippen molar-refractivity contribution in [2.24, 2.45) is 0 Å². The van der Waals surface area contributed by atoms with Gasteiger partial charge in [0.2, 0.25) is 5.91 Å². The van der Waals surface area contributed by atoms with Gasteiger partial charge in [0.05, 0.1) is 6.54 Å². The van der Waals surface area contributed by atoms with Crippen molar-refractivity contribution in [2.45, 2.75) is 6.36 Å². The zero-order valence-corrected chi connectivity index (χ0v) is 13.2. The Morgan fingerprint density at radius 3 is 2.29 bits per heavy atom. The van der Waals surface area contributed by atoms with Crippen LogP contribution in [0, 0.1) is 0 Å². The third-order valence-corrected chi connectivity index (χ3v) is 3.59. The van der Waals surface area contributed by atoms with E-state index in [0.717, 1.165) is 44.9 Å². The Morgan fingerprint density at radius 1 is 1.17 bits per heavy atom. The summed E-state index contributed by atoms with van der Waals surface area (Å²) in [5, 5.41) is 2.67. The van der Waals surface area contributed by atoms with Crippen molar-refractivity contribution in [1.82, 2.24) is 9.80 Å². The van der Waals surface area contributed by atoms with Gasteiger partial charge in [0.15, 0.2) is 0 Å². The van der Waals surface area contributed by atoms with Gasteiger partial charge in [0.1, 0.15) is 5.75 Å². The number of rotatable bonds is 6. The first kappa shape index (κ1) is 18.3. The van der Waals surface area contributed by atoms with Crippen molar-refractivity contribution in [3.63, 3.8) is 0 Å². The number of nitrogens with zero attached hydrogens (tertiary/aromatic N) is 2. The second kappa shape index (κ2) is 8.16. The van der Waals surface area contributed by atoms with Gasteiger partial charge >= 0.3 is 6.36 Å². The molecule has 0 saturated carbocycles. The average molecular weight is 343 g/mol. The highest BCUT2D eigenvalue weighted by Crippen LogP contribution is 2.23. The Labute approximate surface area is 138 Å². The number of hydrogen-bond acceptors (Lipinski definition) is 4. The molecule has 1 aliphatic rings. The fraction of sp³-hybridized carbons (Fsp3) is 0.438. The van der Waals surface area contributed by atoms with Crippen LogP contribution in [-0.2, 0) is 4.79 Å². The molecule has 0 spiro atoms. The van der Waals surface area contributed by atoms with E-state index in [9.17, 15) is 18.0 Å². The molecule has 0 aliphatic carbocycles. The summed E-state index contributed by atoms with van der Waals surface area (Å²) in [7, 11) is 0. The second-order valence-electron chi connectivity index (χ2n) is 5.49. The molecule has 1 N–H and O–H groups in total. The minimum Gasteiger partial charge on any atom is -0.406 e. The maximum atomic E-state index is 12.1. The lowest BCUT2D eigenvalue weighted by atomic mass is 10.3. The van der Waals surface area contributed by atoms with E-state index < -0.39 is 6.36 Å². The van der Waals surface area contributed by atoms with Crippen LogP contribution >= 0.6 is 0 Å². The van der Waals surface area contributed by atoms with Crippen LogP contribution in [-0.4, -0.2) is 61.3 Å². The van der Waals surface area contributed by atoms with Crippen LogP contribution in [0.3, 0.4) is 0 Å². The molecule has 1 fully saturated rings. The predicted octanol–water partition coefficient (Wildman–Crippen LogP) is 2.33. The summed E-state index contributed by atoms with van der Waals surface area (Å²) in [4.78, 5) is 16.3. The first-order chi connectivity index (χ1) is 11.4. The molecular formula is C16H20F3N3O2. The number of anilines is 1. The van der Waals surface area contributed by atoms with Crippen LogP contribution in [0.25, 0.3) is 0 Å². The third kappa shape index (κ3) is 6.21. The molecule has 0 radical (unpaired) electrons. The number of amides is 1. The second-order valence-corrected chi connectivity index (χ2v) is 5.49. The molecule has 1 aromatic rings. The minimum atomic E-state index is -4.72. The summed E-state index contributed by atoms with van der Waals surface area (Å²) >= 11 is 0. The van der Waals surface area contributed by atoms with E-state index in [2.05, 4.69) is 21.5 Å². The summed E-state index contributed by atoms with van der Waals surface area (Å²) in [5.74, 6) is -0.518. The van der Waals surface area contributed by atoms with E-state index in [-0.39, 0.29) is 18.2 Å². The fourth-order valence-electron chi connectivity index (χ4n) is 2.46. The summed E-state index contributed by atoms with van der Waals surface area (Å²) in [5.41, 5.74) is 0.430. The summed E-state index contributed by atoms with van der Waals surface area (Å²) < 4.78 is 40.0. The van der Waals surface area contributed by atoms with Gasteiger partial charge in [0, 0.05) is 38.4 Å². The van der Waals surface area contributed by atoms with Crippen molar-refractivity contribution >= 4 is 11.6 Å². The van der Waals surface area contributed by atoms with E-state index >= 15 is 0 Å². The number of piperazine rings is 1. The number of ether oxygens (including phenoxy) is 1. The first-order valence-electron chi connectivity index (χ1n) is 7.57. The standard InChI is InChI=1S/C16H20F3N3O2/c1-2-7-21-8-10-22(11-9-21)12-15(23)20-13-3-5-14(6-4-13)24-16(17,18)19/h2-6H,1,7-12H2,(H,20,23). The molecule has 0 atom stereocenters. The molecule has 1 aliphatic heterocycles. The maximum Gasteiger partial charge on any atom is 0.573 e. The number of carbonyl (C=O) groups excluding carboxylic acids is 1. The van der Waals surface area contributed by atoms with E-state index in [0.29, 0.717) is 5.69 Å². The summed E-state index contributed by atoms with van der Waals surface area (Å²) in [6.07, 6.45) is -2.87. The molecule has 1 saturated heterocycles.